The van der Waals surface area contributed by atoms with Gasteiger partial charge in [-0.1, -0.05) is 86.7 Å². The minimum atomic E-state index is -1.22. The standard InChI is InChI=1S/C19H33O2P/c1-15(14-22(17(2,3)4)18(5,6)7)19(20,21-8)16-12-10-9-11-13-16/h9-13,15,20H,14H2,1-8H3. The van der Waals surface area contributed by atoms with Crippen molar-refractivity contribution in [2.24, 2.45) is 5.92 Å². The lowest BCUT2D eigenvalue weighted by Crippen LogP contribution is -2.39. The third-order valence-electron chi connectivity index (χ3n) is 4.24. The number of aliphatic hydroxyl groups is 1. The highest BCUT2D eigenvalue weighted by Gasteiger charge is 2.42. The van der Waals surface area contributed by atoms with Crippen LogP contribution in [0.1, 0.15) is 54.0 Å². The molecule has 0 aliphatic heterocycles. The zero-order valence-corrected chi connectivity index (χ0v) is 16.4. The van der Waals surface area contributed by atoms with Crippen LogP contribution in [0.2, 0.25) is 0 Å². The smallest absolute Gasteiger partial charge is 0.194 e. The van der Waals surface area contributed by atoms with Gasteiger partial charge in [0.25, 0.3) is 0 Å². The fourth-order valence-corrected chi connectivity index (χ4v) is 7.14. The van der Waals surface area contributed by atoms with Crippen molar-refractivity contribution in [3.05, 3.63) is 35.9 Å². The van der Waals surface area contributed by atoms with E-state index >= 15 is 0 Å². The maximum atomic E-state index is 11.1. The first-order chi connectivity index (χ1) is 9.93. The van der Waals surface area contributed by atoms with Gasteiger partial charge in [-0.05, 0) is 16.5 Å². The topological polar surface area (TPSA) is 29.5 Å². The molecule has 1 rings (SSSR count). The van der Waals surface area contributed by atoms with Gasteiger partial charge in [-0.15, -0.1) is 0 Å². The maximum absolute atomic E-state index is 11.1. The van der Waals surface area contributed by atoms with Gasteiger partial charge in [0.05, 0.1) is 0 Å². The van der Waals surface area contributed by atoms with E-state index in [0.717, 1.165) is 11.7 Å². The highest BCUT2D eigenvalue weighted by Crippen LogP contribution is 2.61. The SMILES string of the molecule is COC(O)(c1ccccc1)C(C)CP(C(C)(C)C)C(C)(C)C. The normalized spacial score (nSPS) is 17.4. The second-order valence-corrected chi connectivity index (χ2v) is 12.0. The Labute approximate surface area is 138 Å². The molecule has 0 aliphatic rings. The van der Waals surface area contributed by atoms with Crippen molar-refractivity contribution in [1.29, 1.82) is 0 Å². The Morgan fingerprint density at radius 2 is 1.45 bits per heavy atom. The number of hydrogen-bond acceptors (Lipinski definition) is 2. The Morgan fingerprint density at radius 1 is 1.00 bits per heavy atom. The molecule has 0 fully saturated rings. The molecule has 2 unspecified atom stereocenters. The lowest BCUT2D eigenvalue weighted by atomic mass is 9.94. The van der Waals surface area contributed by atoms with E-state index in [1.54, 1.807) is 7.11 Å². The molecule has 3 heteroatoms. The van der Waals surface area contributed by atoms with Crippen LogP contribution in [-0.4, -0.2) is 28.7 Å². The number of rotatable bonds is 5. The summed E-state index contributed by atoms with van der Waals surface area (Å²) in [4.78, 5) is 0. The van der Waals surface area contributed by atoms with E-state index in [1.165, 1.54) is 0 Å². The Balaban J connectivity index is 3.09. The van der Waals surface area contributed by atoms with E-state index in [0.29, 0.717) is 0 Å². The van der Waals surface area contributed by atoms with Crippen molar-refractivity contribution in [2.45, 2.75) is 64.6 Å². The van der Waals surface area contributed by atoms with E-state index in [4.69, 9.17) is 4.74 Å². The largest absolute Gasteiger partial charge is 0.362 e. The lowest BCUT2D eigenvalue weighted by Gasteiger charge is -2.45. The molecule has 1 aromatic carbocycles. The summed E-state index contributed by atoms with van der Waals surface area (Å²) in [5.41, 5.74) is 0.836. The van der Waals surface area contributed by atoms with Gasteiger partial charge in [-0.25, -0.2) is 0 Å². The maximum Gasteiger partial charge on any atom is 0.194 e. The van der Waals surface area contributed by atoms with E-state index in [2.05, 4.69) is 48.5 Å². The van der Waals surface area contributed by atoms with Gasteiger partial charge in [-0.3, -0.25) is 0 Å². The highest BCUT2D eigenvalue weighted by atomic mass is 31.1. The fraction of sp³-hybridized carbons (Fsp3) is 0.684. The van der Waals surface area contributed by atoms with Gasteiger partial charge in [0.15, 0.2) is 5.79 Å². The van der Waals surface area contributed by atoms with Crippen LogP contribution in [0.5, 0.6) is 0 Å². The first-order valence-electron chi connectivity index (χ1n) is 8.03. The molecule has 0 spiro atoms. The molecule has 0 aromatic heterocycles. The van der Waals surface area contributed by atoms with Gasteiger partial charge < -0.3 is 9.84 Å². The molecule has 0 amide bonds. The van der Waals surface area contributed by atoms with Crippen molar-refractivity contribution in [3.63, 3.8) is 0 Å². The van der Waals surface area contributed by atoms with Crippen LogP contribution in [0.15, 0.2) is 30.3 Å². The summed E-state index contributed by atoms with van der Waals surface area (Å²) in [6, 6.07) is 9.74. The Morgan fingerprint density at radius 3 is 1.82 bits per heavy atom. The van der Waals surface area contributed by atoms with E-state index < -0.39 is 5.79 Å². The van der Waals surface area contributed by atoms with E-state index in [1.807, 2.05) is 30.3 Å². The fourth-order valence-electron chi connectivity index (χ4n) is 3.23. The lowest BCUT2D eigenvalue weighted by molar-refractivity contribution is -0.222. The summed E-state index contributed by atoms with van der Waals surface area (Å²) in [7, 11) is 1.31. The molecule has 126 valence electrons. The van der Waals surface area contributed by atoms with Crippen molar-refractivity contribution in [1.82, 2.24) is 0 Å². The Bertz CT molecular complexity index is 445. The van der Waals surface area contributed by atoms with Crippen molar-refractivity contribution < 1.29 is 9.84 Å². The summed E-state index contributed by atoms with van der Waals surface area (Å²) in [5.74, 6) is -1.19. The van der Waals surface area contributed by atoms with Crippen LogP contribution in [-0.2, 0) is 10.5 Å². The predicted molar refractivity (Wildman–Crippen MR) is 97.8 cm³/mol. The number of ether oxygens (including phenoxy) is 1. The van der Waals surface area contributed by atoms with Crippen LogP contribution >= 0.6 is 7.92 Å². The molecular formula is C19H33O2P. The molecule has 1 aromatic rings. The van der Waals surface area contributed by atoms with Crippen molar-refractivity contribution >= 4 is 7.92 Å². The van der Waals surface area contributed by atoms with Gasteiger partial charge in [0, 0.05) is 18.6 Å². The second-order valence-electron chi connectivity index (χ2n) is 8.12. The molecule has 0 saturated heterocycles. The molecule has 2 nitrogen and oxygen atoms in total. The number of hydrogen-bond donors (Lipinski definition) is 1. The minimum absolute atomic E-state index is 0.0319. The average molecular weight is 324 g/mol. The first-order valence-corrected chi connectivity index (χ1v) is 9.56. The molecule has 0 bridgehead atoms. The third kappa shape index (κ3) is 4.54. The van der Waals surface area contributed by atoms with Crippen LogP contribution in [0.4, 0.5) is 0 Å². The summed E-state index contributed by atoms with van der Waals surface area (Å²) in [6.07, 6.45) is 0.974. The zero-order chi connectivity index (χ0) is 17.2. The van der Waals surface area contributed by atoms with Crippen LogP contribution in [0.25, 0.3) is 0 Å². The quantitative estimate of drug-likeness (QED) is 0.596. The molecule has 0 heterocycles. The van der Waals surface area contributed by atoms with Crippen molar-refractivity contribution in [2.75, 3.05) is 13.3 Å². The predicted octanol–water partition coefficient (Wildman–Crippen LogP) is 5.19. The van der Waals surface area contributed by atoms with Crippen molar-refractivity contribution in [3.8, 4) is 0 Å². The highest BCUT2D eigenvalue weighted by molar-refractivity contribution is 7.60. The van der Waals surface area contributed by atoms with Gasteiger partial charge in [0.2, 0.25) is 0 Å². The second kappa shape index (κ2) is 6.99. The molecule has 0 saturated carbocycles. The zero-order valence-electron chi connectivity index (χ0n) is 15.5. The third-order valence-corrected chi connectivity index (χ3v) is 8.39. The summed E-state index contributed by atoms with van der Waals surface area (Å²) in [5, 5.41) is 11.6. The van der Waals surface area contributed by atoms with Crippen LogP contribution in [0, 0.1) is 5.92 Å². The molecule has 1 N–H and O–H groups in total. The Hall–Kier alpha value is -0.430. The van der Waals surface area contributed by atoms with Gasteiger partial charge in [-0.2, -0.15) is 0 Å². The van der Waals surface area contributed by atoms with Crippen LogP contribution < -0.4 is 0 Å². The molecule has 0 aliphatic carbocycles. The minimum Gasteiger partial charge on any atom is -0.362 e. The number of methoxy groups -OCH3 is 1. The molecule has 22 heavy (non-hydrogen) atoms. The molecule has 0 radical (unpaired) electrons. The number of benzene rings is 1. The average Bonchev–Trinajstić information content (AvgIpc) is 2.42. The molecular weight excluding hydrogens is 291 g/mol. The van der Waals surface area contributed by atoms with E-state index in [-0.39, 0.29) is 24.2 Å². The summed E-state index contributed by atoms with van der Waals surface area (Å²) < 4.78 is 5.58. The molecule has 2 atom stereocenters. The van der Waals surface area contributed by atoms with Gasteiger partial charge in [0.1, 0.15) is 0 Å². The monoisotopic (exact) mass is 324 g/mol. The van der Waals surface area contributed by atoms with Crippen LogP contribution in [0.3, 0.4) is 0 Å². The van der Waals surface area contributed by atoms with E-state index in [9.17, 15) is 5.11 Å². The first kappa shape index (κ1) is 19.6. The summed E-state index contributed by atoms with van der Waals surface area (Å²) >= 11 is 0. The Kier molecular flexibility index (Phi) is 6.23. The summed E-state index contributed by atoms with van der Waals surface area (Å²) in [6.45, 7) is 16.0. The van der Waals surface area contributed by atoms with Gasteiger partial charge >= 0.3 is 0 Å².